The van der Waals surface area contributed by atoms with E-state index in [1.807, 2.05) is 4.90 Å². The van der Waals surface area contributed by atoms with Gasteiger partial charge in [0.15, 0.2) is 0 Å². The molecule has 2 aromatic rings. The van der Waals surface area contributed by atoms with Crippen LogP contribution in [0.5, 0.6) is 0 Å². The summed E-state index contributed by atoms with van der Waals surface area (Å²) >= 11 is 0. The highest BCUT2D eigenvalue weighted by Crippen LogP contribution is 2.28. The Hall–Kier alpha value is -2.70. The third-order valence-electron chi connectivity index (χ3n) is 4.04. The minimum absolute atomic E-state index is 0.0976. The van der Waals surface area contributed by atoms with Crippen LogP contribution >= 0.6 is 0 Å². The molecule has 0 radical (unpaired) electrons. The molecule has 1 N–H and O–H groups in total. The van der Waals surface area contributed by atoms with Gasteiger partial charge in [-0.3, -0.25) is 0 Å². The zero-order valence-corrected chi connectivity index (χ0v) is 13.4. The Balaban J connectivity index is 1.84. The van der Waals surface area contributed by atoms with E-state index in [9.17, 15) is 9.18 Å². The number of halogens is 1. The minimum Gasteiger partial charge on any atom is -0.465 e. The molecule has 1 saturated heterocycles. The number of hydrogen-bond donors (Lipinski definition) is 1. The summed E-state index contributed by atoms with van der Waals surface area (Å²) in [5.74, 6) is -0.479. The second-order valence-electron chi connectivity index (χ2n) is 5.58. The Kier molecular flexibility index (Phi) is 4.88. The van der Waals surface area contributed by atoms with Crippen LogP contribution in [0.25, 0.3) is 0 Å². The molecule has 24 heavy (non-hydrogen) atoms. The number of hydrogen-bond acceptors (Lipinski definition) is 6. The van der Waals surface area contributed by atoms with Gasteiger partial charge >= 0.3 is 5.97 Å². The highest BCUT2D eigenvalue weighted by molar-refractivity contribution is 5.89. The van der Waals surface area contributed by atoms with E-state index in [1.165, 1.54) is 13.2 Å². The minimum atomic E-state index is -0.550. The molecule has 7 heteroatoms. The number of anilines is 2. The molecule has 1 aromatic carbocycles. The number of carbonyl (C=O) groups excluding carboxylic acids is 1. The molecule has 1 aliphatic heterocycles. The van der Waals surface area contributed by atoms with Crippen molar-refractivity contribution in [1.82, 2.24) is 9.97 Å². The third-order valence-corrected chi connectivity index (χ3v) is 4.04. The molecule has 0 unspecified atom stereocenters. The second kappa shape index (κ2) is 7.25. The number of esters is 1. The Bertz CT molecular complexity index is 711. The van der Waals surface area contributed by atoms with Crippen molar-refractivity contribution in [2.75, 3.05) is 23.9 Å². The summed E-state index contributed by atoms with van der Waals surface area (Å²) in [5, 5.41) is 3.25. The van der Waals surface area contributed by atoms with Crippen molar-refractivity contribution < 1.29 is 13.9 Å². The van der Waals surface area contributed by atoms with Crippen molar-refractivity contribution >= 4 is 17.6 Å². The summed E-state index contributed by atoms with van der Waals surface area (Å²) in [6.07, 6.45) is 6.10. The number of piperidine rings is 1. The van der Waals surface area contributed by atoms with E-state index in [2.05, 4.69) is 20.0 Å². The molecule has 3 rings (SSSR count). The molecule has 1 aromatic heterocycles. The number of methoxy groups -OCH3 is 1. The summed E-state index contributed by atoms with van der Waals surface area (Å²) in [6.45, 7) is 0.721. The van der Waals surface area contributed by atoms with E-state index >= 15 is 0 Å². The first-order valence-electron chi connectivity index (χ1n) is 7.87. The first-order chi connectivity index (χ1) is 11.7. The van der Waals surface area contributed by atoms with Gasteiger partial charge in [-0.15, -0.1) is 0 Å². The molecular weight excluding hydrogens is 311 g/mol. The fraction of sp³-hybridized carbons (Fsp3) is 0.353. The van der Waals surface area contributed by atoms with E-state index in [-0.39, 0.29) is 11.7 Å². The molecular formula is C17H19FN4O2. The topological polar surface area (TPSA) is 67.3 Å². The Labute approximate surface area is 139 Å². The lowest BCUT2D eigenvalue weighted by Crippen LogP contribution is -2.45. The second-order valence-corrected chi connectivity index (χ2v) is 5.58. The molecule has 0 spiro atoms. The van der Waals surface area contributed by atoms with Gasteiger partial charge in [0.1, 0.15) is 12.0 Å². The van der Waals surface area contributed by atoms with Crippen molar-refractivity contribution in [2.45, 2.75) is 25.4 Å². The molecule has 0 saturated carbocycles. The number of rotatable bonds is 4. The maximum absolute atomic E-state index is 14.5. The molecule has 0 aliphatic carbocycles. The van der Waals surface area contributed by atoms with Crippen LogP contribution in [-0.4, -0.2) is 35.8 Å². The fourth-order valence-corrected chi connectivity index (χ4v) is 2.88. The van der Waals surface area contributed by atoms with Crippen molar-refractivity contribution in [3.05, 3.63) is 48.0 Å². The smallest absolute Gasteiger partial charge is 0.337 e. The first kappa shape index (κ1) is 16.2. The van der Waals surface area contributed by atoms with Gasteiger partial charge in [-0.25, -0.2) is 19.2 Å². The number of nitrogens with one attached hydrogen (secondary N) is 1. The van der Waals surface area contributed by atoms with Gasteiger partial charge in [0.25, 0.3) is 0 Å². The lowest BCUT2D eigenvalue weighted by molar-refractivity contribution is 0.0600. The Morgan fingerprint density at radius 1 is 1.33 bits per heavy atom. The van der Waals surface area contributed by atoms with Crippen molar-refractivity contribution in [2.24, 2.45) is 0 Å². The fourth-order valence-electron chi connectivity index (χ4n) is 2.88. The highest BCUT2D eigenvalue weighted by Gasteiger charge is 2.25. The van der Waals surface area contributed by atoms with Crippen LogP contribution in [0.1, 0.15) is 29.6 Å². The van der Waals surface area contributed by atoms with E-state index in [1.54, 1.807) is 30.6 Å². The van der Waals surface area contributed by atoms with Crippen LogP contribution < -0.4 is 10.2 Å². The molecule has 1 fully saturated rings. The van der Waals surface area contributed by atoms with Crippen molar-refractivity contribution in [3.8, 4) is 0 Å². The maximum atomic E-state index is 14.5. The average molecular weight is 330 g/mol. The molecule has 6 nitrogen and oxygen atoms in total. The number of benzene rings is 1. The van der Waals surface area contributed by atoms with Crippen LogP contribution in [0.15, 0.2) is 36.7 Å². The predicted molar refractivity (Wildman–Crippen MR) is 88.4 cm³/mol. The van der Waals surface area contributed by atoms with E-state index in [0.717, 1.165) is 25.8 Å². The monoisotopic (exact) mass is 330 g/mol. The van der Waals surface area contributed by atoms with Crippen molar-refractivity contribution in [3.63, 3.8) is 0 Å². The van der Waals surface area contributed by atoms with Gasteiger partial charge in [0, 0.05) is 18.9 Å². The Morgan fingerprint density at radius 3 is 2.83 bits per heavy atom. The number of nitrogens with zero attached hydrogens (tertiary/aromatic N) is 3. The zero-order chi connectivity index (χ0) is 16.9. The largest absolute Gasteiger partial charge is 0.465 e. The van der Waals surface area contributed by atoms with Gasteiger partial charge < -0.3 is 15.0 Å². The number of ether oxygens (including phenoxy) is 1. The maximum Gasteiger partial charge on any atom is 0.337 e. The molecule has 2 heterocycles. The molecule has 1 aliphatic rings. The summed E-state index contributed by atoms with van der Waals surface area (Å²) in [6, 6.07) is 6.16. The molecule has 1 atom stereocenters. The molecule has 0 bridgehead atoms. The van der Waals surface area contributed by atoms with Gasteiger partial charge in [0.2, 0.25) is 5.95 Å². The molecule has 0 amide bonds. The van der Waals surface area contributed by atoms with Crippen LogP contribution in [0.3, 0.4) is 0 Å². The summed E-state index contributed by atoms with van der Waals surface area (Å²) < 4.78 is 19.2. The SMILES string of the molecule is COC(=O)c1ccc(N2CCCC[C@H]2Nc2ncccn2)c(F)c1. The zero-order valence-electron chi connectivity index (χ0n) is 13.4. The van der Waals surface area contributed by atoms with Gasteiger partial charge in [0.05, 0.1) is 18.4 Å². The average Bonchev–Trinajstić information content (AvgIpc) is 2.62. The van der Waals surface area contributed by atoms with Gasteiger partial charge in [-0.05, 0) is 43.5 Å². The van der Waals surface area contributed by atoms with Crippen LogP contribution in [0.4, 0.5) is 16.0 Å². The summed E-state index contributed by atoms with van der Waals surface area (Å²) in [7, 11) is 1.28. The van der Waals surface area contributed by atoms with E-state index in [4.69, 9.17) is 0 Å². The number of carbonyl (C=O) groups is 1. The van der Waals surface area contributed by atoms with Gasteiger partial charge in [-0.2, -0.15) is 0 Å². The normalized spacial score (nSPS) is 17.4. The molecule has 126 valence electrons. The predicted octanol–water partition coefficient (Wildman–Crippen LogP) is 2.83. The van der Waals surface area contributed by atoms with Gasteiger partial charge in [-0.1, -0.05) is 0 Å². The van der Waals surface area contributed by atoms with Crippen LogP contribution in [0.2, 0.25) is 0 Å². The van der Waals surface area contributed by atoms with Crippen molar-refractivity contribution in [1.29, 1.82) is 0 Å². The van der Waals surface area contributed by atoms with Crippen LogP contribution in [0, 0.1) is 5.82 Å². The standard InChI is InChI=1S/C17H19FN4O2/c1-24-16(23)12-6-7-14(13(18)11-12)22-10-3-2-5-15(22)21-17-19-8-4-9-20-17/h4,6-9,11,15H,2-3,5,10H2,1H3,(H,19,20,21)/t15-/m0/s1. The third kappa shape index (κ3) is 3.45. The number of aromatic nitrogens is 2. The van der Waals surface area contributed by atoms with E-state index in [0.29, 0.717) is 11.6 Å². The first-order valence-corrected chi connectivity index (χ1v) is 7.87. The van der Waals surface area contributed by atoms with E-state index < -0.39 is 11.8 Å². The summed E-state index contributed by atoms with van der Waals surface area (Å²) in [4.78, 5) is 21.8. The lowest BCUT2D eigenvalue weighted by atomic mass is 10.1. The van der Waals surface area contributed by atoms with Crippen LogP contribution in [-0.2, 0) is 4.74 Å². The quantitative estimate of drug-likeness (QED) is 0.870. The highest BCUT2D eigenvalue weighted by atomic mass is 19.1. The Morgan fingerprint density at radius 2 is 2.12 bits per heavy atom. The lowest BCUT2D eigenvalue weighted by Gasteiger charge is -2.38. The summed E-state index contributed by atoms with van der Waals surface area (Å²) in [5.41, 5.74) is 0.655.